The third-order valence-corrected chi connectivity index (χ3v) is 4.28. The maximum absolute atomic E-state index is 10.5. The number of pyridine rings is 1. The van der Waals surface area contributed by atoms with Crippen LogP contribution >= 0.6 is 0 Å². The number of nitrogens with zero attached hydrogens (tertiary/aromatic N) is 1. The van der Waals surface area contributed by atoms with Gasteiger partial charge in [-0.15, -0.1) is 0 Å². The van der Waals surface area contributed by atoms with Crippen LogP contribution in [0, 0.1) is 6.92 Å². The Morgan fingerprint density at radius 3 is 3.05 bits per heavy atom. The summed E-state index contributed by atoms with van der Waals surface area (Å²) in [7, 11) is 0. The molecule has 104 valence electrons. The van der Waals surface area contributed by atoms with E-state index in [0.717, 1.165) is 31.4 Å². The molecule has 0 bridgehead atoms. The standard InChI is InChI=1S/C18H21NO/c1-13-4-2-5-14(12-13)7-10-17(20)16-9-8-15-6-3-11-19-18(15)16/h2-6,11-12,16-17,20H,7-10H2,1H3. The first-order chi connectivity index (χ1) is 9.74. The molecule has 1 aliphatic carbocycles. The molecule has 1 aliphatic rings. The van der Waals surface area contributed by atoms with Gasteiger partial charge < -0.3 is 5.11 Å². The van der Waals surface area contributed by atoms with Gasteiger partial charge in [-0.05, 0) is 49.8 Å². The molecule has 3 rings (SSSR count). The molecule has 0 amide bonds. The fourth-order valence-electron chi connectivity index (χ4n) is 3.20. The topological polar surface area (TPSA) is 33.1 Å². The van der Waals surface area contributed by atoms with Gasteiger partial charge >= 0.3 is 0 Å². The third-order valence-electron chi connectivity index (χ3n) is 4.28. The monoisotopic (exact) mass is 267 g/mol. The molecule has 2 aromatic rings. The van der Waals surface area contributed by atoms with E-state index in [4.69, 9.17) is 0 Å². The zero-order chi connectivity index (χ0) is 13.9. The van der Waals surface area contributed by atoms with Gasteiger partial charge in [-0.25, -0.2) is 0 Å². The second-order valence-electron chi connectivity index (χ2n) is 5.79. The smallest absolute Gasteiger partial charge is 0.0627 e. The molecule has 0 saturated heterocycles. The van der Waals surface area contributed by atoms with E-state index in [1.807, 2.05) is 12.3 Å². The molecule has 1 aromatic heterocycles. The Labute approximate surface area is 120 Å². The van der Waals surface area contributed by atoms with Gasteiger partial charge in [-0.2, -0.15) is 0 Å². The second kappa shape index (κ2) is 5.76. The number of aryl methyl sites for hydroxylation is 3. The van der Waals surface area contributed by atoms with Crippen molar-refractivity contribution in [3.8, 4) is 0 Å². The van der Waals surface area contributed by atoms with Crippen molar-refractivity contribution >= 4 is 0 Å². The van der Waals surface area contributed by atoms with Crippen LogP contribution in [0.5, 0.6) is 0 Å². The number of hydrogen-bond donors (Lipinski definition) is 1. The number of aliphatic hydroxyl groups is 1. The molecule has 1 N–H and O–H groups in total. The van der Waals surface area contributed by atoms with Gasteiger partial charge in [-0.3, -0.25) is 4.98 Å². The molecular formula is C18H21NO. The average Bonchev–Trinajstić information content (AvgIpc) is 2.89. The van der Waals surface area contributed by atoms with E-state index in [2.05, 4.69) is 42.2 Å². The average molecular weight is 267 g/mol. The van der Waals surface area contributed by atoms with Gasteiger partial charge in [0.2, 0.25) is 0 Å². The van der Waals surface area contributed by atoms with Gasteiger partial charge in [0.25, 0.3) is 0 Å². The lowest BCUT2D eigenvalue weighted by Gasteiger charge is -2.18. The number of hydrogen-bond acceptors (Lipinski definition) is 2. The van der Waals surface area contributed by atoms with Gasteiger partial charge in [0, 0.05) is 17.8 Å². The van der Waals surface area contributed by atoms with Crippen molar-refractivity contribution < 1.29 is 5.11 Å². The van der Waals surface area contributed by atoms with Crippen LogP contribution in [0.4, 0.5) is 0 Å². The Hall–Kier alpha value is -1.67. The van der Waals surface area contributed by atoms with E-state index < -0.39 is 0 Å². The molecule has 0 aliphatic heterocycles. The highest BCUT2D eigenvalue weighted by Gasteiger charge is 2.29. The molecule has 20 heavy (non-hydrogen) atoms. The third kappa shape index (κ3) is 2.75. The van der Waals surface area contributed by atoms with Crippen LogP contribution in [0.2, 0.25) is 0 Å². The normalized spacial score (nSPS) is 18.8. The van der Waals surface area contributed by atoms with E-state index in [-0.39, 0.29) is 12.0 Å². The van der Waals surface area contributed by atoms with Crippen LogP contribution in [0.15, 0.2) is 42.6 Å². The summed E-state index contributed by atoms with van der Waals surface area (Å²) in [5.41, 5.74) is 5.02. The van der Waals surface area contributed by atoms with Crippen molar-refractivity contribution in [3.63, 3.8) is 0 Å². The highest BCUT2D eigenvalue weighted by atomic mass is 16.3. The summed E-state index contributed by atoms with van der Waals surface area (Å²) in [6.45, 7) is 2.11. The van der Waals surface area contributed by atoms with E-state index in [1.54, 1.807) is 0 Å². The van der Waals surface area contributed by atoms with Gasteiger partial charge in [0.15, 0.2) is 0 Å². The van der Waals surface area contributed by atoms with Crippen LogP contribution in [0.3, 0.4) is 0 Å². The Balaban J connectivity index is 1.65. The summed E-state index contributed by atoms with van der Waals surface area (Å²) in [6.07, 6.45) is 5.37. The fraction of sp³-hybridized carbons (Fsp3) is 0.389. The van der Waals surface area contributed by atoms with Gasteiger partial charge in [0.05, 0.1) is 6.10 Å². The van der Waals surface area contributed by atoms with Crippen molar-refractivity contribution in [3.05, 3.63) is 65.0 Å². The summed E-state index contributed by atoms with van der Waals surface area (Å²) >= 11 is 0. The lowest BCUT2D eigenvalue weighted by molar-refractivity contribution is 0.132. The summed E-state index contributed by atoms with van der Waals surface area (Å²) < 4.78 is 0. The van der Waals surface area contributed by atoms with Crippen LogP contribution in [-0.4, -0.2) is 16.2 Å². The zero-order valence-corrected chi connectivity index (χ0v) is 11.9. The first-order valence-electron chi connectivity index (χ1n) is 7.41. The molecular weight excluding hydrogens is 246 g/mol. The summed E-state index contributed by atoms with van der Waals surface area (Å²) in [5.74, 6) is 0.219. The van der Waals surface area contributed by atoms with E-state index in [1.165, 1.54) is 16.7 Å². The number of benzene rings is 1. The molecule has 0 spiro atoms. The predicted octanol–water partition coefficient (Wildman–Crippen LogP) is 3.41. The number of rotatable bonds is 4. The Morgan fingerprint density at radius 1 is 1.30 bits per heavy atom. The van der Waals surface area contributed by atoms with Gasteiger partial charge in [0.1, 0.15) is 0 Å². The lowest BCUT2D eigenvalue weighted by atomic mass is 9.94. The Bertz CT molecular complexity index is 593. The molecule has 2 heteroatoms. The van der Waals surface area contributed by atoms with Crippen molar-refractivity contribution in [2.24, 2.45) is 0 Å². The summed E-state index contributed by atoms with van der Waals surface area (Å²) in [6, 6.07) is 12.7. The number of aromatic nitrogens is 1. The van der Waals surface area contributed by atoms with Crippen LogP contribution < -0.4 is 0 Å². The Morgan fingerprint density at radius 2 is 2.20 bits per heavy atom. The Kier molecular flexibility index (Phi) is 3.83. The molecule has 0 saturated carbocycles. The molecule has 2 unspecified atom stereocenters. The first kappa shape index (κ1) is 13.3. The first-order valence-corrected chi connectivity index (χ1v) is 7.41. The summed E-state index contributed by atoms with van der Waals surface area (Å²) in [5, 5.41) is 10.5. The molecule has 1 heterocycles. The minimum Gasteiger partial charge on any atom is -0.392 e. The van der Waals surface area contributed by atoms with Crippen LogP contribution in [-0.2, 0) is 12.8 Å². The highest BCUT2D eigenvalue weighted by molar-refractivity contribution is 5.29. The maximum Gasteiger partial charge on any atom is 0.0627 e. The van der Waals surface area contributed by atoms with E-state index >= 15 is 0 Å². The van der Waals surface area contributed by atoms with Crippen molar-refractivity contribution in [1.29, 1.82) is 0 Å². The van der Waals surface area contributed by atoms with Crippen LogP contribution in [0.25, 0.3) is 0 Å². The van der Waals surface area contributed by atoms with Crippen molar-refractivity contribution in [2.75, 3.05) is 0 Å². The molecule has 2 nitrogen and oxygen atoms in total. The molecule has 0 radical (unpaired) electrons. The minimum atomic E-state index is -0.285. The zero-order valence-electron chi connectivity index (χ0n) is 11.9. The predicted molar refractivity (Wildman–Crippen MR) is 80.8 cm³/mol. The quantitative estimate of drug-likeness (QED) is 0.921. The van der Waals surface area contributed by atoms with E-state index in [0.29, 0.717) is 0 Å². The number of aliphatic hydroxyl groups excluding tert-OH is 1. The minimum absolute atomic E-state index is 0.219. The maximum atomic E-state index is 10.5. The van der Waals surface area contributed by atoms with Crippen LogP contribution in [0.1, 0.15) is 41.1 Å². The summed E-state index contributed by atoms with van der Waals surface area (Å²) in [4.78, 5) is 4.47. The highest BCUT2D eigenvalue weighted by Crippen LogP contribution is 2.35. The lowest BCUT2D eigenvalue weighted by Crippen LogP contribution is -2.18. The van der Waals surface area contributed by atoms with Crippen molar-refractivity contribution in [1.82, 2.24) is 4.98 Å². The van der Waals surface area contributed by atoms with E-state index in [9.17, 15) is 5.11 Å². The van der Waals surface area contributed by atoms with Gasteiger partial charge in [-0.1, -0.05) is 35.9 Å². The second-order valence-corrected chi connectivity index (χ2v) is 5.79. The fourth-order valence-corrected chi connectivity index (χ4v) is 3.20. The largest absolute Gasteiger partial charge is 0.392 e. The number of fused-ring (bicyclic) bond motifs is 1. The molecule has 0 fully saturated rings. The van der Waals surface area contributed by atoms with Crippen molar-refractivity contribution in [2.45, 2.75) is 44.6 Å². The molecule has 1 aromatic carbocycles. The SMILES string of the molecule is Cc1cccc(CCC(O)C2CCc3cccnc32)c1. The molecule has 2 atom stereocenters.